The van der Waals surface area contributed by atoms with Crippen LogP contribution in [0.25, 0.3) is 0 Å². The molecular weight excluding hydrogens is 310 g/mol. The van der Waals surface area contributed by atoms with E-state index in [1.807, 2.05) is 31.2 Å². The lowest BCUT2D eigenvalue weighted by Gasteiger charge is -2.31. The first-order chi connectivity index (χ1) is 11.0. The summed E-state index contributed by atoms with van der Waals surface area (Å²) in [4.78, 5) is 0.262. The lowest BCUT2D eigenvalue weighted by Crippen LogP contribution is -2.42. The maximum atomic E-state index is 13.2. The van der Waals surface area contributed by atoms with Crippen LogP contribution in [0.5, 0.6) is 0 Å². The summed E-state index contributed by atoms with van der Waals surface area (Å²) in [6.07, 6.45) is 2.34. The van der Waals surface area contributed by atoms with Crippen molar-refractivity contribution in [3.05, 3.63) is 59.7 Å². The average Bonchev–Trinajstić information content (AvgIpc) is 2.74. The van der Waals surface area contributed by atoms with Gasteiger partial charge >= 0.3 is 0 Å². The van der Waals surface area contributed by atoms with E-state index in [-0.39, 0.29) is 11.5 Å². The average molecular weight is 331 g/mol. The molecule has 122 valence electrons. The molecule has 4 nitrogen and oxygen atoms in total. The molecule has 2 aromatic carbocycles. The Bertz CT molecular complexity index is 784. The molecule has 0 saturated carbocycles. The number of rotatable bonds is 3. The predicted octanol–water partition coefficient (Wildman–Crippen LogP) is 2.89. The SMILES string of the molecule is Cc1ccc(S(=O)(=O)N2c3ccccc3CCCC2CO)cc1. The molecule has 1 aliphatic rings. The first-order valence-corrected chi connectivity index (χ1v) is 9.28. The molecule has 0 radical (unpaired) electrons. The number of aliphatic hydroxyl groups is 1. The van der Waals surface area contributed by atoms with Crippen LogP contribution in [-0.4, -0.2) is 26.2 Å². The molecule has 1 unspecified atom stereocenters. The Labute approximate surface area is 137 Å². The zero-order valence-electron chi connectivity index (χ0n) is 13.1. The van der Waals surface area contributed by atoms with Crippen molar-refractivity contribution in [1.29, 1.82) is 0 Å². The number of hydrogen-bond donors (Lipinski definition) is 1. The molecule has 0 spiro atoms. The minimum absolute atomic E-state index is 0.181. The van der Waals surface area contributed by atoms with Crippen LogP contribution in [-0.2, 0) is 16.4 Å². The van der Waals surface area contributed by atoms with Crippen molar-refractivity contribution in [1.82, 2.24) is 0 Å². The Balaban J connectivity index is 2.15. The number of aliphatic hydroxyl groups excluding tert-OH is 1. The van der Waals surface area contributed by atoms with Crippen molar-refractivity contribution in [3.8, 4) is 0 Å². The van der Waals surface area contributed by atoms with E-state index in [9.17, 15) is 13.5 Å². The fourth-order valence-electron chi connectivity index (χ4n) is 3.09. The molecule has 1 aliphatic heterocycles. The maximum Gasteiger partial charge on any atom is 0.264 e. The number of hydrogen-bond acceptors (Lipinski definition) is 3. The van der Waals surface area contributed by atoms with Crippen LogP contribution in [0.15, 0.2) is 53.4 Å². The van der Waals surface area contributed by atoms with Gasteiger partial charge in [-0.15, -0.1) is 0 Å². The van der Waals surface area contributed by atoms with E-state index in [0.29, 0.717) is 12.1 Å². The van der Waals surface area contributed by atoms with Crippen LogP contribution in [0, 0.1) is 6.92 Å². The fourth-order valence-corrected chi connectivity index (χ4v) is 4.80. The van der Waals surface area contributed by atoms with Crippen LogP contribution in [0.1, 0.15) is 24.0 Å². The van der Waals surface area contributed by atoms with Crippen molar-refractivity contribution in [2.45, 2.75) is 37.1 Å². The van der Waals surface area contributed by atoms with Gasteiger partial charge in [-0.25, -0.2) is 8.42 Å². The quantitative estimate of drug-likeness (QED) is 0.941. The van der Waals surface area contributed by atoms with E-state index >= 15 is 0 Å². The highest BCUT2D eigenvalue weighted by atomic mass is 32.2. The number of benzene rings is 2. The van der Waals surface area contributed by atoms with E-state index in [1.165, 1.54) is 4.31 Å². The maximum absolute atomic E-state index is 13.2. The summed E-state index contributed by atoms with van der Waals surface area (Å²) >= 11 is 0. The van der Waals surface area contributed by atoms with Gasteiger partial charge in [-0.3, -0.25) is 4.31 Å². The second-order valence-corrected chi connectivity index (χ2v) is 7.79. The number of fused-ring (bicyclic) bond motifs is 1. The lowest BCUT2D eigenvalue weighted by atomic mass is 10.1. The van der Waals surface area contributed by atoms with Crippen molar-refractivity contribution in [2.24, 2.45) is 0 Å². The summed E-state index contributed by atoms with van der Waals surface area (Å²) in [6, 6.07) is 14.0. The first kappa shape index (κ1) is 16.0. The molecule has 2 aromatic rings. The smallest absolute Gasteiger partial charge is 0.264 e. The van der Waals surface area contributed by atoms with Gasteiger partial charge in [0.05, 0.1) is 23.2 Å². The second-order valence-electron chi connectivity index (χ2n) is 5.97. The number of sulfonamides is 1. The Hall–Kier alpha value is -1.85. The van der Waals surface area contributed by atoms with Crippen molar-refractivity contribution in [3.63, 3.8) is 0 Å². The minimum atomic E-state index is -3.70. The lowest BCUT2D eigenvalue weighted by molar-refractivity contribution is 0.261. The van der Waals surface area contributed by atoms with E-state index < -0.39 is 16.1 Å². The van der Waals surface area contributed by atoms with Gasteiger partial charge in [0.2, 0.25) is 0 Å². The van der Waals surface area contributed by atoms with Gasteiger partial charge in [-0.1, -0.05) is 35.9 Å². The van der Waals surface area contributed by atoms with Crippen LogP contribution < -0.4 is 4.31 Å². The number of anilines is 1. The number of para-hydroxylation sites is 1. The zero-order valence-corrected chi connectivity index (χ0v) is 14.0. The van der Waals surface area contributed by atoms with Crippen molar-refractivity contribution < 1.29 is 13.5 Å². The van der Waals surface area contributed by atoms with Gasteiger partial charge in [-0.05, 0) is 49.9 Å². The van der Waals surface area contributed by atoms with Gasteiger partial charge in [0.25, 0.3) is 10.0 Å². The highest BCUT2D eigenvalue weighted by Crippen LogP contribution is 2.34. The molecule has 3 rings (SSSR count). The van der Waals surface area contributed by atoms with Crippen molar-refractivity contribution >= 4 is 15.7 Å². The summed E-state index contributed by atoms with van der Waals surface area (Å²) in [7, 11) is -3.70. The highest BCUT2D eigenvalue weighted by molar-refractivity contribution is 7.92. The van der Waals surface area contributed by atoms with Crippen LogP contribution in [0.3, 0.4) is 0 Å². The summed E-state index contributed by atoms with van der Waals surface area (Å²) in [5.74, 6) is 0. The topological polar surface area (TPSA) is 57.6 Å². The van der Waals surface area contributed by atoms with E-state index in [1.54, 1.807) is 24.3 Å². The standard InChI is InChI=1S/C18H21NO3S/c1-14-9-11-17(12-10-14)23(21,22)19-16(13-20)7-4-6-15-5-2-3-8-18(15)19/h2-3,5,8-12,16,20H,4,6-7,13H2,1H3. The Morgan fingerprint density at radius 3 is 2.52 bits per heavy atom. The fraction of sp³-hybridized carbons (Fsp3) is 0.333. The molecule has 1 atom stereocenters. The molecule has 1 N–H and O–H groups in total. The zero-order chi connectivity index (χ0) is 16.4. The van der Waals surface area contributed by atoms with Gasteiger partial charge in [0.15, 0.2) is 0 Å². The largest absolute Gasteiger partial charge is 0.394 e. The van der Waals surface area contributed by atoms with Crippen LogP contribution in [0.4, 0.5) is 5.69 Å². The normalized spacial score (nSPS) is 18.3. The summed E-state index contributed by atoms with van der Waals surface area (Å²) in [5.41, 5.74) is 2.71. The van der Waals surface area contributed by atoms with Gasteiger partial charge in [-0.2, -0.15) is 0 Å². The Morgan fingerprint density at radius 2 is 1.83 bits per heavy atom. The molecule has 0 aromatic heterocycles. The van der Waals surface area contributed by atoms with E-state index in [4.69, 9.17) is 0 Å². The van der Waals surface area contributed by atoms with Crippen LogP contribution >= 0.6 is 0 Å². The van der Waals surface area contributed by atoms with Gasteiger partial charge in [0.1, 0.15) is 0 Å². The molecule has 5 heteroatoms. The summed E-state index contributed by atoms with van der Waals surface area (Å²) < 4.78 is 27.8. The van der Waals surface area contributed by atoms with Crippen LogP contribution in [0.2, 0.25) is 0 Å². The third kappa shape index (κ3) is 2.99. The van der Waals surface area contributed by atoms with E-state index in [0.717, 1.165) is 24.0 Å². The van der Waals surface area contributed by atoms with Gasteiger partial charge < -0.3 is 5.11 Å². The molecule has 1 heterocycles. The van der Waals surface area contributed by atoms with E-state index in [2.05, 4.69) is 0 Å². The predicted molar refractivity (Wildman–Crippen MR) is 91.1 cm³/mol. The highest BCUT2D eigenvalue weighted by Gasteiger charge is 2.34. The summed E-state index contributed by atoms with van der Waals surface area (Å²) in [5, 5.41) is 9.76. The molecule has 0 bridgehead atoms. The molecule has 0 fully saturated rings. The number of aryl methyl sites for hydroxylation is 2. The molecular formula is C18H21NO3S. The monoisotopic (exact) mass is 331 g/mol. The summed E-state index contributed by atoms with van der Waals surface area (Å²) in [6.45, 7) is 1.74. The third-order valence-corrected chi connectivity index (χ3v) is 6.21. The minimum Gasteiger partial charge on any atom is -0.394 e. The molecule has 23 heavy (non-hydrogen) atoms. The first-order valence-electron chi connectivity index (χ1n) is 7.84. The Morgan fingerprint density at radius 1 is 1.13 bits per heavy atom. The molecule has 0 aliphatic carbocycles. The third-order valence-electron chi connectivity index (χ3n) is 4.33. The van der Waals surface area contributed by atoms with Gasteiger partial charge in [0, 0.05) is 0 Å². The number of nitrogens with zero attached hydrogens (tertiary/aromatic N) is 1. The molecule has 0 saturated heterocycles. The molecule has 0 amide bonds. The van der Waals surface area contributed by atoms with Crippen molar-refractivity contribution in [2.75, 3.05) is 10.9 Å². The second kappa shape index (κ2) is 6.34. The Kier molecular flexibility index (Phi) is 4.41.